The van der Waals surface area contributed by atoms with E-state index in [2.05, 4.69) is 101 Å². The maximum Gasteiger partial charge on any atom is 0.0708 e. The quantitative estimate of drug-likeness (QED) is 0.260. The molecule has 6 rings (SSSR count). The summed E-state index contributed by atoms with van der Waals surface area (Å²) in [6, 6.07) is 37.8. The fourth-order valence-electron chi connectivity index (χ4n) is 4.78. The number of nitrogens with zero attached hydrogens (tertiary/aromatic N) is 3. The van der Waals surface area contributed by atoms with Gasteiger partial charge in [0.15, 0.2) is 0 Å². The topological polar surface area (TPSA) is 38.7 Å². The number of benzene rings is 3. The van der Waals surface area contributed by atoms with Crippen LogP contribution in [0, 0.1) is 0 Å². The molecule has 6 aromatic rings. The summed E-state index contributed by atoms with van der Waals surface area (Å²) < 4.78 is 0. The Bertz CT molecular complexity index is 1600. The minimum atomic E-state index is 0.940. The summed E-state index contributed by atoms with van der Waals surface area (Å²) in [6.07, 6.45) is 9.29. The second-order valence-electron chi connectivity index (χ2n) is 8.51. The zero-order valence-corrected chi connectivity index (χ0v) is 19.6. The molecular weight excluding hydrogens is 438 g/mol. The Labute approximate surface area is 210 Å². The lowest BCUT2D eigenvalue weighted by Crippen LogP contribution is -1.96. The van der Waals surface area contributed by atoms with E-state index in [9.17, 15) is 0 Å². The molecule has 0 spiro atoms. The highest BCUT2D eigenvalue weighted by Gasteiger charge is 2.21. The fraction of sp³-hybridized carbons (Fsp3) is 0. The van der Waals surface area contributed by atoms with E-state index < -0.39 is 0 Å². The Hall–Kier alpha value is -4.89. The van der Waals surface area contributed by atoms with Crippen LogP contribution in [0.4, 0.5) is 0 Å². The van der Waals surface area contributed by atoms with Crippen molar-refractivity contribution in [3.8, 4) is 55.8 Å². The van der Waals surface area contributed by atoms with E-state index in [4.69, 9.17) is 4.98 Å². The van der Waals surface area contributed by atoms with Gasteiger partial charge in [0.25, 0.3) is 0 Å². The molecule has 0 atom stereocenters. The second-order valence-corrected chi connectivity index (χ2v) is 8.51. The van der Waals surface area contributed by atoms with Gasteiger partial charge in [-0.2, -0.15) is 0 Å². The van der Waals surface area contributed by atoms with Gasteiger partial charge in [-0.3, -0.25) is 15.0 Å². The van der Waals surface area contributed by atoms with Crippen LogP contribution >= 0.6 is 0 Å². The van der Waals surface area contributed by atoms with Crippen molar-refractivity contribution in [3.63, 3.8) is 0 Å². The van der Waals surface area contributed by atoms with E-state index in [1.165, 1.54) is 0 Å². The average molecular weight is 462 g/mol. The normalized spacial score (nSPS) is 10.8. The number of hydrogen-bond acceptors (Lipinski definition) is 3. The van der Waals surface area contributed by atoms with Gasteiger partial charge in [-0.25, -0.2) is 0 Å². The lowest BCUT2D eigenvalue weighted by atomic mass is 9.82. The van der Waals surface area contributed by atoms with E-state index in [0.717, 1.165) is 55.8 Å². The van der Waals surface area contributed by atoms with Crippen molar-refractivity contribution in [3.05, 3.63) is 140 Å². The summed E-state index contributed by atoms with van der Waals surface area (Å²) in [7, 11) is 0. The average Bonchev–Trinajstić information content (AvgIpc) is 2.98. The van der Waals surface area contributed by atoms with Gasteiger partial charge < -0.3 is 0 Å². The number of rotatable bonds is 5. The summed E-state index contributed by atoms with van der Waals surface area (Å²) in [5.41, 5.74) is 11.1. The van der Waals surface area contributed by atoms with E-state index in [1.807, 2.05) is 49.2 Å². The molecule has 0 fully saturated rings. The van der Waals surface area contributed by atoms with Gasteiger partial charge >= 0.3 is 0 Å². The first-order valence-electron chi connectivity index (χ1n) is 11.9. The predicted octanol–water partition coefficient (Wildman–Crippen LogP) is 8.21. The largest absolute Gasteiger partial charge is 0.265 e. The molecule has 0 amide bonds. The van der Waals surface area contributed by atoms with Crippen molar-refractivity contribution < 1.29 is 0 Å². The van der Waals surface area contributed by atoms with Crippen molar-refractivity contribution in [2.75, 3.05) is 0 Å². The van der Waals surface area contributed by atoms with Crippen LogP contribution < -0.4 is 0 Å². The van der Waals surface area contributed by atoms with Crippen molar-refractivity contribution in [1.29, 1.82) is 0 Å². The monoisotopic (exact) mass is 461 g/mol. The maximum atomic E-state index is 4.71. The van der Waals surface area contributed by atoms with Crippen LogP contribution in [-0.2, 0) is 0 Å². The van der Waals surface area contributed by atoms with Gasteiger partial charge in [0.05, 0.1) is 5.69 Å². The molecular formula is C33H23N3. The molecule has 3 heteroatoms. The van der Waals surface area contributed by atoms with Gasteiger partial charge in [0, 0.05) is 42.1 Å². The zero-order valence-electron chi connectivity index (χ0n) is 19.6. The first kappa shape index (κ1) is 21.6. The van der Waals surface area contributed by atoms with E-state index in [-0.39, 0.29) is 0 Å². The SMILES string of the molecule is c1ccc(-c2c(-c3ccccn3)ccc(-c3ccccc3-c3ccncc3)c2-c2cccnc2)cc1. The molecule has 0 N–H and O–H groups in total. The second kappa shape index (κ2) is 9.77. The summed E-state index contributed by atoms with van der Waals surface area (Å²) >= 11 is 0. The van der Waals surface area contributed by atoms with Gasteiger partial charge in [-0.1, -0.05) is 78.9 Å². The highest BCUT2D eigenvalue weighted by atomic mass is 14.7. The maximum absolute atomic E-state index is 4.71. The molecule has 0 aliphatic rings. The van der Waals surface area contributed by atoms with Crippen LogP contribution in [0.5, 0.6) is 0 Å². The molecule has 3 aromatic heterocycles. The smallest absolute Gasteiger partial charge is 0.0708 e. The highest BCUT2D eigenvalue weighted by Crippen LogP contribution is 2.46. The lowest BCUT2D eigenvalue weighted by Gasteiger charge is -2.21. The minimum Gasteiger partial charge on any atom is -0.265 e. The van der Waals surface area contributed by atoms with Crippen molar-refractivity contribution >= 4 is 0 Å². The minimum absolute atomic E-state index is 0.940. The third-order valence-corrected chi connectivity index (χ3v) is 6.37. The number of aromatic nitrogens is 3. The standard InChI is InChI=1S/C33H23N3/c1-2-9-25(10-3-1)32-30(31-14-6-7-20-36-31)16-15-29(33(32)26-11-8-19-35-23-26)28-13-5-4-12-27(28)24-17-21-34-22-18-24/h1-23H. The molecule has 3 heterocycles. The summed E-state index contributed by atoms with van der Waals surface area (Å²) in [5, 5.41) is 0. The van der Waals surface area contributed by atoms with Crippen LogP contribution in [0.15, 0.2) is 140 Å². The van der Waals surface area contributed by atoms with Crippen molar-refractivity contribution in [2.24, 2.45) is 0 Å². The van der Waals surface area contributed by atoms with Crippen molar-refractivity contribution in [2.45, 2.75) is 0 Å². The molecule has 3 nitrogen and oxygen atoms in total. The molecule has 0 radical (unpaired) electrons. The number of pyridine rings is 3. The Kier molecular flexibility index (Phi) is 5.87. The molecule has 0 unspecified atom stereocenters. The molecule has 0 saturated carbocycles. The Morgan fingerprint density at radius 2 is 1.06 bits per heavy atom. The number of hydrogen-bond donors (Lipinski definition) is 0. The summed E-state index contributed by atoms with van der Waals surface area (Å²) in [6.45, 7) is 0. The van der Waals surface area contributed by atoms with Crippen LogP contribution in [0.25, 0.3) is 55.8 Å². The first-order valence-corrected chi connectivity index (χ1v) is 11.9. The first-order chi connectivity index (χ1) is 17.9. The highest BCUT2D eigenvalue weighted by molar-refractivity contribution is 6.03. The molecule has 0 aliphatic carbocycles. The zero-order chi connectivity index (χ0) is 24.2. The van der Waals surface area contributed by atoms with Gasteiger partial charge in [0.2, 0.25) is 0 Å². The molecule has 170 valence electrons. The van der Waals surface area contributed by atoms with Crippen LogP contribution in [0.2, 0.25) is 0 Å². The Balaban J connectivity index is 1.73. The van der Waals surface area contributed by atoms with Crippen LogP contribution in [0.1, 0.15) is 0 Å². The third-order valence-electron chi connectivity index (χ3n) is 6.37. The summed E-state index contributed by atoms with van der Waals surface area (Å²) in [5.74, 6) is 0. The third kappa shape index (κ3) is 4.08. The predicted molar refractivity (Wildman–Crippen MR) is 147 cm³/mol. The van der Waals surface area contributed by atoms with Crippen LogP contribution in [-0.4, -0.2) is 15.0 Å². The molecule has 0 saturated heterocycles. The van der Waals surface area contributed by atoms with E-state index in [0.29, 0.717) is 0 Å². The Morgan fingerprint density at radius 3 is 1.81 bits per heavy atom. The fourth-order valence-corrected chi connectivity index (χ4v) is 4.78. The van der Waals surface area contributed by atoms with Gasteiger partial charge in [-0.05, 0) is 69.3 Å². The van der Waals surface area contributed by atoms with Gasteiger partial charge in [0.1, 0.15) is 0 Å². The molecule has 36 heavy (non-hydrogen) atoms. The van der Waals surface area contributed by atoms with E-state index >= 15 is 0 Å². The molecule has 0 aliphatic heterocycles. The Morgan fingerprint density at radius 1 is 0.361 bits per heavy atom. The lowest BCUT2D eigenvalue weighted by molar-refractivity contribution is 1.32. The molecule has 3 aromatic carbocycles. The molecule has 0 bridgehead atoms. The van der Waals surface area contributed by atoms with Crippen molar-refractivity contribution in [1.82, 2.24) is 15.0 Å². The van der Waals surface area contributed by atoms with E-state index in [1.54, 1.807) is 0 Å². The van der Waals surface area contributed by atoms with Gasteiger partial charge in [-0.15, -0.1) is 0 Å². The summed E-state index contributed by atoms with van der Waals surface area (Å²) in [4.78, 5) is 13.4. The van der Waals surface area contributed by atoms with Crippen LogP contribution in [0.3, 0.4) is 0 Å².